The fourth-order valence-electron chi connectivity index (χ4n) is 1.57. The Bertz CT molecular complexity index is 496. The number of halogens is 1. The predicted octanol–water partition coefficient (Wildman–Crippen LogP) is 2.45. The molecule has 3 nitrogen and oxygen atoms in total. The van der Waals surface area contributed by atoms with E-state index in [0.29, 0.717) is 6.54 Å². The van der Waals surface area contributed by atoms with Crippen LogP contribution in [0.1, 0.15) is 5.56 Å². The number of hydrogen-bond donors (Lipinski definition) is 1. The van der Waals surface area contributed by atoms with Gasteiger partial charge in [-0.2, -0.15) is 0 Å². The van der Waals surface area contributed by atoms with Crippen molar-refractivity contribution in [3.05, 3.63) is 54.0 Å². The van der Waals surface area contributed by atoms with Crippen LogP contribution in [0, 0.1) is 5.82 Å². The summed E-state index contributed by atoms with van der Waals surface area (Å²) in [5.74, 6) is 0.547. The molecule has 2 N–H and O–H groups in total. The first-order chi connectivity index (χ1) is 8.20. The Kier molecular flexibility index (Phi) is 3.35. The van der Waals surface area contributed by atoms with E-state index >= 15 is 0 Å². The molecule has 0 atom stereocenters. The number of hydrogen-bond acceptors (Lipinski definition) is 3. The van der Waals surface area contributed by atoms with E-state index in [1.54, 1.807) is 18.3 Å². The van der Waals surface area contributed by atoms with Crippen molar-refractivity contribution in [3.63, 3.8) is 0 Å². The van der Waals surface area contributed by atoms with Crippen LogP contribution in [0.15, 0.2) is 42.6 Å². The molecule has 2 rings (SSSR count). The molecule has 17 heavy (non-hydrogen) atoms. The van der Waals surface area contributed by atoms with E-state index in [9.17, 15) is 4.39 Å². The molecule has 0 saturated carbocycles. The van der Waals surface area contributed by atoms with Gasteiger partial charge in [-0.15, -0.1) is 0 Å². The lowest BCUT2D eigenvalue weighted by atomic mass is 10.2. The third-order valence-corrected chi connectivity index (χ3v) is 2.60. The first-order valence-corrected chi connectivity index (χ1v) is 5.35. The average molecular weight is 231 g/mol. The number of benzene rings is 1. The van der Waals surface area contributed by atoms with Gasteiger partial charge in [-0.05, 0) is 42.0 Å². The van der Waals surface area contributed by atoms with Crippen LogP contribution < -0.4 is 10.6 Å². The van der Waals surface area contributed by atoms with Gasteiger partial charge in [0, 0.05) is 25.5 Å². The Morgan fingerprint density at radius 1 is 1.24 bits per heavy atom. The molecule has 0 fully saturated rings. The fourth-order valence-corrected chi connectivity index (χ4v) is 1.57. The number of aromatic nitrogens is 1. The van der Waals surface area contributed by atoms with Crippen molar-refractivity contribution in [2.45, 2.75) is 6.54 Å². The molecule has 1 aromatic carbocycles. The maximum Gasteiger partial charge on any atom is 0.132 e. The highest BCUT2D eigenvalue weighted by Gasteiger charge is 2.05. The topological polar surface area (TPSA) is 42.1 Å². The molecule has 0 aliphatic carbocycles. The maximum absolute atomic E-state index is 12.8. The molecule has 1 aromatic heterocycles. The molecule has 0 saturated heterocycles. The summed E-state index contributed by atoms with van der Waals surface area (Å²) in [5.41, 5.74) is 7.48. The average Bonchev–Trinajstić information content (AvgIpc) is 2.39. The molecule has 0 aliphatic rings. The highest BCUT2D eigenvalue weighted by Crippen LogP contribution is 2.22. The van der Waals surface area contributed by atoms with Crippen LogP contribution in [0.4, 0.5) is 15.9 Å². The van der Waals surface area contributed by atoms with Gasteiger partial charge in [0.2, 0.25) is 0 Å². The number of nitrogens with two attached hydrogens (primary N) is 1. The van der Waals surface area contributed by atoms with Crippen LogP contribution in [0.5, 0.6) is 0 Å². The summed E-state index contributed by atoms with van der Waals surface area (Å²) >= 11 is 0. The largest absolute Gasteiger partial charge is 0.329 e. The van der Waals surface area contributed by atoms with Gasteiger partial charge in [-0.1, -0.05) is 0 Å². The second-order valence-electron chi connectivity index (χ2n) is 3.76. The summed E-state index contributed by atoms with van der Waals surface area (Å²) in [6.07, 6.45) is 1.72. The molecule has 4 heteroatoms. The molecule has 0 bridgehead atoms. The molecule has 2 aromatic rings. The van der Waals surface area contributed by atoms with Crippen molar-refractivity contribution in [1.82, 2.24) is 4.98 Å². The Labute approximate surface area is 99.7 Å². The molecule has 0 aliphatic heterocycles. The van der Waals surface area contributed by atoms with E-state index in [2.05, 4.69) is 4.98 Å². The summed E-state index contributed by atoms with van der Waals surface area (Å²) in [7, 11) is 1.88. The lowest BCUT2D eigenvalue weighted by Crippen LogP contribution is -2.11. The van der Waals surface area contributed by atoms with Gasteiger partial charge in [0.1, 0.15) is 11.6 Å². The highest BCUT2D eigenvalue weighted by molar-refractivity contribution is 5.59. The fraction of sp³-hybridized carbons (Fsp3) is 0.154. The van der Waals surface area contributed by atoms with E-state index in [1.807, 2.05) is 24.1 Å². The second kappa shape index (κ2) is 4.93. The monoisotopic (exact) mass is 231 g/mol. The van der Waals surface area contributed by atoms with Crippen molar-refractivity contribution in [2.24, 2.45) is 5.73 Å². The zero-order valence-electron chi connectivity index (χ0n) is 9.60. The maximum atomic E-state index is 12.8. The molecule has 0 unspecified atom stereocenters. The van der Waals surface area contributed by atoms with Gasteiger partial charge in [0.05, 0.1) is 0 Å². The normalized spacial score (nSPS) is 10.3. The van der Waals surface area contributed by atoms with Crippen LogP contribution in [-0.2, 0) is 6.54 Å². The van der Waals surface area contributed by atoms with Crippen molar-refractivity contribution in [1.29, 1.82) is 0 Å². The van der Waals surface area contributed by atoms with Gasteiger partial charge < -0.3 is 10.6 Å². The van der Waals surface area contributed by atoms with E-state index in [4.69, 9.17) is 5.73 Å². The van der Waals surface area contributed by atoms with Gasteiger partial charge in [-0.3, -0.25) is 0 Å². The van der Waals surface area contributed by atoms with Crippen LogP contribution in [0.2, 0.25) is 0 Å². The number of rotatable bonds is 3. The summed E-state index contributed by atoms with van der Waals surface area (Å²) in [5, 5.41) is 0. The third kappa shape index (κ3) is 2.60. The Morgan fingerprint density at radius 2 is 1.94 bits per heavy atom. The molecule has 1 heterocycles. The van der Waals surface area contributed by atoms with Crippen LogP contribution in [0.3, 0.4) is 0 Å². The second-order valence-corrected chi connectivity index (χ2v) is 3.76. The van der Waals surface area contributed by atoms with Gasteiger partial charge in [0.15, 0.2) is 0 Å². The Balaban J connectivity index is 2.29. The van der Waals surface area contributed by atoms with Crippen molar-refractivity contribution in [3.8, 4) is 0 Å². The summed E-state index contributed by atoms with van der Waals surface area (Å²) < 4.78 is 12.8. The van der Waals surface area contributed by atoms with Crippen LogP contribution in [-0.4, -0.2) is 12.0 Å². The standard InChI is InChI=1S/C13H14FN3/c1-17(12-4-2-11(14)3-5-12)13-8-10(9-15)6-7-16-13/h2-8H,9,15H2,1H3. The SMILES string of the molecule is CN(c1ccc(F)cc1)c1cc(CN)ccn1. The summed E-state index contributed by atoms with van der Waals surface area (Å²) in [6, 6.07) is 10.1. The van der Waals surface area contributed by atoms with Crippen molar-refractivity contribution < 1.29 is 4.39 Å². The minimum absolute atomic E-state index is 0.245. The Morgan fingerprint density at radius 3 is 2.59 bits per heavy atom. The quantitative estimate of drug-likeness (QED) is 0.882. The zero-order valence-corrected chi connectivity index (χ0v) is 9.60. The number of pyridine rings is 1. The first kappa shape index (κ1) is 11.5. The van der Waals surface area contributed by atoms with Gasteiger partial charge >= 0.3 is 0 Å². The van der Waals surface area contributed by atoms with E-state index in [-0.39, 0.29) is 5.82 Å². The smallest absolute Gasteiger partial charge is 0.132 e. The van der Waals surface area contributed by atoms with E-state index in [0.717, 1.165) is 17.1 Å². The predicted molar refractivity (Wildman–Crippen MR) is 66.6 cm³/mol. The number of nitrogens with zero attached hydrogens (tertiary/aromatic N) is 2. The van der Waals surface area contributed by atoms with E-state index < -0.39 is 0 Å². The first-order valence-electron chi connectivity index (χ1n) is 5.35. The molecule has 0 amide bonds. The number of anilines is 2. The minimum atomic E-state index is -0.245. The molecular formula is C13H14FN3. The Hall–Kier alpha value is -1.94. The van der Waals surface area contributed by atoms with Crippen molar-refractivity contribution >= 4 is 11.5 Å². The molecule has 88 valence electrons. The van der Waals surface area contributed by atoms with Crippen LogP contribution >= 0.6 is 0 Å². The van der Waals surface area contributed by atoms with Crippen LogP contribution in [0.25, 0.3) is 0 Å². The summed E-state index contributed by atoms with van der Waals surface area (Å²) in [4.78, 5) is 6.15. The highest BCUT2D eigenvalue weighted by atomic mass is 19.1. The molecule has 0 spiro atoms. The van der Waals surface area contributed by atoms with Crippen molar-refractivity contribution in [2.75, 3.05) is 11.9 Å². The third-order valence-electron chi connectivity index (χ3n) is 2.60. The van der Waals surface area contributed by atoms with Gasteiger partial charge in [-0.25, -0.2) is 9.37 Å². The van der Waals surface area contributed by atoms with E-state index in [1.165, 1.54) is 12.1 Å². The lowest BCUT2D eigenvalue weighted by molar-refractivity contribution is 0.628. The van der Waals surface area contributed by atoms with Gasteiger partial charge in [0.25, 0.3) is 0 Å². The minimum Gasteiger partial charge on any atom is -0.329 e. The molecule has 0 radical (unpaired) electrons. The molecular weight excluding hydrogens is 217 g/mol. The summed E-state index contributed by atoms with van der Waals surface area (Å²) in [6.45, 7) is 0.479. The zero-order chi connectivity index (χ0) is 12.3. The lowest BCUT2D eigenvalue weighted by Gasteiger charge is -2.18.